The number of rotatable bonds is 3. The summed E-state index contributed by atoms with van der Waals surface area (Å²) < 4.78 is 52.3. The van der Waals surface area contributed by atoms with Gasteiger partial charge in [-0.2, -0.15) is 0 Å². The molecule has 100 valence electrons. The van der Waals surface area contributed by atoms with Crippen LogP contribution in [0.2, 0.25) is 0 Å². The predicted molar refractivity (Wildman–Crippen MR) is 62.5 cm³/mol. The molecule has 2 aromatic rings. The number of anilines is 1. The van der Waals surface area contributed by atoms with E-state index in [1.54, 1.807) is 6.92 Å². The third-order valence-electron chi connectivity index (χ3n) is 2.56. The van der Waals surface area contributed by atoms with E-state index in [1.807, 2.05) is 0 Å². The molecule has 6 heteroatoms. The number of hydrogen-bond donors (Lipinski definition) is 1. The Morgan fingerprint density at radius 1 is 1.00 bits per heavy atom. The summed E-state index contributed by atoms with van der Waals surface area (Å²) in [6.07, 6.45) is 1.00. The van der Waals surface area contributed by atoms with Gasteiger partial charge in [0.25, 0.3) is 0 Å². The highest BCUT2D eigenvalue weighted by atomic mass is 19.1. The summed E-state index contributed by atoms with van der Waals surface area (Å²) in [5.74, 6) is -3.57. The molecule has 1 aromatic heterocycles. The molecule has 19 heavy (non-hydrogen) atoms. The molecule has 1 N–H and O–H groups in total. The van der Waals surface area contributed by atoms with Crippen molar-refractivity contribution in [2.75, 3.05) is 5.32 Å². The Kier molecular flexibility index (Phi) is 3.69. The number of halogens is 4. The summed E-state index contributed by atoms with van der Waals surface area (Å²) >= 11 is 0. The van der Waals surface area contributed by atoms with Gasteiger partial charge in [0.15, 0.2) is 11.6 Å². The van der Waals surface area contributed by atoms with Crippen LogP contribution in [0.5, 0.6) is 0 Å². The fourth-order valence-electron chi connectivity index (χ4n) is 1.61. The Morgan fingerprint density at radius 3 is 2.16 bits per heavy atom. The van der Waals surface area contributed by atoms with Crippen LogP contribution in [-0.2, 0) is 0 Å². The van der Waals surface area contributed by atoms with Gasteiger partial charge in [-0.05, 0) is 19.1 Å². The maximum atomic E-state index is 13.4. The SMILES string of the molecule is CC(Nc1c(F)cc(F)cc1F)c1ccc(F)cn1. The highest BCUT2D eigenvalue weighted by molar-refractivity contribution is 5.47. The molecule has 0 aliphatic rings. The maximum absolute atomic E-state index is 13.4. The monoisotopic (exact) mass is 270 g/mol. The molecule has 2 rings (SSSR count). The third kappa shape index (κ3) is 3.01. The fraction of sp³-hybridized carbons (Fsp3) is 0.154. The van der Waals surface area contributed by atoms with Crippen molar-refractivity contribution < 1.29 is 17.6 Å². The lowest BCUT2D eigenvalue weighted by atomic mass is 10.2. The lowest BCUT2D eigenvalue weighted by Crippen LogP contribution is -2.11. The van der Waals surface area contributed by atoms with Gasteiger partial charge in [0.2, 0.25) is 0 Å². The van der Waals surface area contributed by atoms with Crippen LogP contribution in [0.1, 0.15) is 18.7 Å². The van der Waals surface area contributed by atoms with Crippen molar-refractivity contribution in [3.63, 3.8) is 0 Å². The predicted octanol–water partition coefficient (Wildman–Crippen LogP) is 3.81. The molecule has 0 saturated heterocycles. The molecule has 0 fully saturated rings. The smallest absolute Gasteiger partial charge is 0.152 e. The number of benzene rings is 1. The van der Waals surface area contributed by atoms with E-state index in [-0.39, 0.29) is 0 Å². The molecule has 1 heterocycles. The van der Waals surface area contributed by atoms with Gasteiger partial charge in [-0.15, -0.1) is 0 Å². The van der Waals surface area contributed by atoms with Crippen LogP contribution < -0.4 is 5.32 Å². The Balaban J connectivity index is 2.24. The fourth-order valence-corrected chi connectivity index (χ4v) is 1.61. The summed E-state index contributed by atoms with van der Waals surface area (Å²) in [4.78, 5) is 3.79. The molecule has 1 atom stereocenters. The van der Waals surface area contributed by atoms with Gasteiger partial charge in [0.05, 0.1) is 17.9 Å². The number of nitrogens with zero attached hydrogens (tertiary/aromatic N) is 1. The van der Waals surface area contributed by atoms with Crippen molar-refractivity contribution in [2.45, 2.75) is 13.0 Å². The van der Waals surface area contributed by atoms with Crippen LogP contribution >= 0.6 is 0 Å². The van der Waals surface area contributed by atoms with E-state index in [4.69, 9.17) is 0 Å². The zero-order chi connectivity index (χ0) is 14.0. The van der Waals surface area contributed by atoms with Gasteiger partial charge in [-0.1, -0.05) is 0 Å². The highest BCUT2D eigenvalue weighted by Gasteiger charge is 2.15. The van der Waals surface area contributed by atoms with Crippen molar-refractivity contribution in [1.82, 2.24) is 4.98 Å². The van der Waals surface area contributed by atoms with Gasteiger partial charge in [0, 0.05) is 12.1 Å². The van der Waals surface area contributed by atoms with Crippen molar-refractivity contribution in [2.24, 2.45) is 0 Å². The molecule has 0 amide bonds. The van der Waals surface area contributed by atoms with Gasteiger partial charge < -0.3 is 5.32 Å². The number of pyridine rings is 1. The van der Waals surface area contributed by atoms with Gasteiger partial charge >= 0.3 is 0 Å². The van der Waals surface area contributed by atoms with Crippen LogP contribution in [0.15, 0.2) is 30.5 Å². The molecule has 0 aliphatic heterocycles. The average molecular weight is 270 g/mol. The van der Waals surface area contributed by atoms with E-state index < -0.39 is 35.0 Å². The minimum Gasteiger partial charge on any atom is -0.372 e. The average Bonchev–Trinajstić information content (AvgIpc) is 2.34. The summed E-state index contributed by atoms with van der Waals surface area (Å²) in [5, 5.41) is 2.54. The molecule has 1 unspecified atom stereocenters. The Hall–Kier alpha value is -2.11. The minimum atomic E-state index is -1.04. The standard InChI is InChI=1S/C13H10F4N2/c1-7(12-3-2-8(14)6-18-12)19-13-10(16)4-9(15)5-11(13)17/h2-7,19H,1H3. The van der Waals surface area contributed by atoms with E-state index in [1.165, 1.54) is 12.1 Å². The summed E-state index contributed by atoms with van der Waals surface area (Å²) in [7, 11) is 0. The van der Waals surface area contributed by atoms with Crippen LogP contribution in [0, 0.1) is 23.3 Å². The molecule has 0 spiro atoms. The number of nitrogens with one attached hydrogen (secondary N) is 1. The Labute approximate surface area is 107 Å². The lowest BCUT2D eigenvalue weighted by molar-refractivity contribution is 0.544. The van der Waals surface area contributed by atoms with E-state index >= 15 is 0 Å². The molecule has 2 nitrogen and oxygen atoms in total. The van der Waals surface area contributed by atoms with Crippen LogP contribution in [0.25, 0.3) is 0 Å². The normalized spacial score (nSPS) is 12.3. The molecule has 1 aromatic carbocycles. The lowest BCUT2D eigenvalue weighted by Gasteiger charge is -2.16. The van der Waals surface area contributed by atoms with Crippen molar-refractivity contribution in [1.29, 1.82) is 0 Å². The largest absolute Gasteiger partial charge is 0.372 e. The zero-order valence-electron chi connectivity index (χ0n) is 9.92. The number of hydrogen-bond acceptors (Lipinski definition) is 2. The first kappa shape index (κ1) is 13.3. The van der Waals surface area contributed by atoms with Crippen LogP contribution in [-0.4, -0.2) is 4.98 Å². The second-order valence-corrected chi connectivity index (χ2v) is 4.01. The summed E-state index contributed by atoms with van der Waals surface area (Å²) in [6, 6.07) is 3.19. The van der Waals surface area contributed by atoms with E-state index in [0.29, 0.717) is 17.8 Å². The minimum absolute atomic E-state index is 0.407. The van der Waals surface area contributed by atoms with Crippen LogP contribution in [0.4, 0.5) is 23.2 Å². The Morgan fingerprint density at radius 2 is 1.63 bits per heavy atom. The second-order valence-electron chi connectivity index (χ2n) is 4.01. The van der Waals surface area contributed by atoms with E-state index in [2.05, 4.69) is 10.3 Å². The Bertz CT molecular complexity index is 561. The topological polar surface area (TPSA) is 24.9 Å². The quantitative estimate of drug-likeness (QED) is 0.858. The zero-order valence-corrected chi connectivity index (χ0v) is 9.92. The molecular formula is C13H10F4N2. The number of aromatic nitrogens is 1. The van der Waals surface area contributed by atoms with E-state index in [0.717, 1.165) is 6.20 Å². The molecule has 0 aliphatic carbocycles. The van der Waals surface area contributed by atoms with Crippen LogP contribution in [0.3, 0.4) is 0 Å². The van der Waals surface area contributed by atoms with Gasteiger partial charge in [-0.25, -0.2) is 17.6 Å². The molecule has 0 saturated carbocycles. The third-order valence-corrected chi connectivity index (χ3v) is 2.56. The molecule has 0 radical (unpaired) electrons. The van der Waals surface area contributed by atoms with Gasteiger partial charge in [-0.3, -0.25) is 4.98 Å². The van der Waals surface area contributed by atoms with Crippen molar-refractivity contribution >= 4 is 5.69 Å². The van der Waals surface area contributed by atoms with Crippen molar-refractivity contribution in [3.8, 4) is 0 Å². The highest BCUT2D eigenvalue weighted by Crippen LogP contribution is 2.24. The maximum Gasteiger partial charge on any atom is 0.152 e. The van der Waals surface area contributed by atoms with Crippen molar-refractivity contribution in [3.05, 3.63) is 59.4 Å². The second kappa shape index (κ2) is 5.26. The first-order chi connectivity index (χ1) is 8.97. The first-order valence-electron chi connectivity index (χ1n) is 5.50. The van der Waals surface area contributed by atoms with E-state index in [9.17, 15) is 17.6 Å². The molecular weight excluding hydrogens is 260 g/mol. The first-order valence-corrected chi connectivity index (χ1v) is 5.50. The summed E-state index contributed by atoms with van der Waals surface area (Å²) in [6.45, 7) is 1.60. The molecule has 0 bridgehead atoms. The van der Waals surface area contributed by atoms with Gasteiger partial charge in [0.1, 0.15) is 17.3 Å². The summed E-state index contributed by atoms with van der Waals surface area (Å²) in [5.41, 5.74) is -0.0375.